The van der Waals surface area contributed by atoms with E-state index in [-0.39, 0.29) is 0 Å². The minimum atomic E-state index is -0.700. The minimum absolute atomic E-state index is 0.700. The van der Waals surface area contributed by atoms with Crippen molar-refractivity contribution in [1.29, 1.82) is 0 Å². The SMILES string of the molecule is Cc1cc2c(cn1)C(O)C=C(Nc1ccccc1)N2c1ccccc1. The van der Waals surface area contributed by atoms with E-state index in [1.807, 2.05) is 67.6 Å². The molecule has 1 aliphatic heterocycles. The second-order valence-corrected chi connectivity index (χ2v) is 6.04. The Morgan fingerprint density at radius 3 is 2.40 bits per heavy atom. The molecule has 0 radical (unpaired) electrons. The Morgan fingerprint density at radius 2 is 1.68 bits per heavy atom. The van der Waals surface area contributed by atoms with Crippen molar-refractivity contribution in [3.63, 3.8) is 0 Å². The second-order valence-electron chi connectivity index (χ2n) is 6.04. The lowest BCUT2D eigenvalue weighted by Gasteiger charge is -2.34. The molecular formula is C21H19N3O. The van der Waals surface area contributed by atoms with Gasteiger partial charge in [0, 0.05) is 28.8 Å². The molecule has 25 heavy (non-hydrogen) atoms. The summed E-state index contributed by atoms with van der Waals surface area (Å²) in [6.07, 6.45) is 2.87. The average Bonchev–Trinajstić information content (AvgIpc) is 2.63. The number of nitrogens with zero attached hydrogens (tertiary/aromatic N) is 2. The van der Waals surface area contributed by atoms with Crippen LogP contribution in [0.25, 0.3) is 0 Å². The molecule has 2 aromatic carbocycles. The second kappa shape index (κ2) is 6.42. The monoisotopic (exact) mass is 329 g/mol. The van der Waals surface area contributed by atoms with Crippen molar-refractivity contribution < 1.29 is 5.11 Å². The number of para-hydroxylation sites is 2. The normalized spacial score (nSPS) is 16.2. The molecule has 0 saturated carbocycles. The Morgan fingerprint density at radius 1 is 1.00 bits per heavy atom. The van der Waals surface area contributed by atoms with Gasteiger partial charge in [0.15, 0.2) is 0 Å². The van der Waals surface area contributed by atoms with Gasteiger partial charge in [0.05, 0.1) is 5.69 Å². The number of aryl methyl sites for hydroxylation is 1. The Hall–Kier alpha value is -3.11. The van der Waals surface area contributed by atoms with E-state index in [2.05, 4.69) is 27.3 Å². The third-order valence-electron chi connectivity index (χ3n) is 4.23. The summed E-state index contributed by atoms with van der Waals surface area (Å²) in [4.78, 5) is 6.46. The highest BCUT2D eigenvalue weighted by atomic mass is 16.3. The number of pyridine rings is 1. The fourth-order valence-electron chi connectivity index (χ4n) is 3.04. The molecule has 1 aliphatic rings. The molecule has 0 spiro atoms. The van der Waals surface area contributed by atoms with Crippen LogP contribution in [0.5, 0.6) is 0 Å². The molecule has 4 nitrogen and oxygen atoms in total. The molecule has 0 bridgehead atoms. The van der Waals surface area contributed by atoms with Gasteiger partial charge < -0.3 is 10.4 Å². The topological polar surface area (TPSA) is 48.4 Å². The lowest BCUT2D eigenvalue weighted by Crippen LogP contribution is -2.28. The van der Waals surface area contributed by atoms with Gasteiger partial charge in [-0.3, -0.25) is 9.88 Å². The molecule has 0 saturated heterocycles. The summed E-state index contributed by atoms with van der Waals surface area (Å²) < 4.78 is 0. The number of aliphatic hydroxyl groups excluding tert-OH is 1. The molecular weight excluding hydrogens is 310 g/mol. The number of aromatic nitrogens is 1. The van der Waals surface area contributed by atoms with Gasteiger partial charge in [0.2, 0.25) is 0 Å². The predicted molar refractivity (Wildman–Crippen MR) is 101 cm³/mol. The number of anilines is 3. The fraction of sp³-hybridized carbons (Fsp3) is 0.0952. The molecule has 1 aromatic heterocycles. The Bertz CT molecular complexity index is 907. The summed E-state index contributed by atoms with van der Waals surface area (Å²) in [7, 11) is 0. The molecule has 1 unspecified atom stereocenters. The largest absolute Gasteiger partial charge is 0.384 e. The highest BCUT2D eigenvalue weighted by Crippen LogP contribution is 2.40. The van der Waals surface area contributed by atoms with Crippen LogP contribution in [0, 0.1) is 6.92 Å². The van der Waals surface area contributed by atoms with E-state index in [0.717, 1.165) is 34.1 Å². The first kappa shape index (κ1) is 15.4. The van der Waals surface area contributed by atoms with Gasteiger partial charge >= 0.3 is 0 Å². The number of fused-ring (bicyclic) bond motifs is 1. The van der Waals surface area contributed by atoms with Crippen molar-refractivity contribution >= 4 is 17.1 Å². The quantitative estimate of drug-likeness (QED) is 0.741. The van der Waals surface area contributed by atoms with Crippen LogP contribution >= 0.6 is 0 Å². The van der Waals surface area contributed by atoms with Gasteiger partial charge in [-0.2, -0.15) is 0 Å². The summed E-state index contributed by atoms with van der Waals surface area (Å²) >= 11 is 0. The van der Waals surface area contributed by atoms with Gasteiger partial charge in [-0.25, -0.2) is 0 Å². The molecule has 124 valence electrons. The number of nitrogens with one attached hydrogen (secondary N) is 1. The van der Waals surface area contributed by atoms with Gasteiger partial charge in [-0.1, -0.05) is 36.4 Å². The van der Waals surface area contributed by atoms with E-state index in [0.29, 0.717) is 0 Å². The van der Waals surface area contributed by atoms with Crippen LogP contribution in [0.2, 0.25) is 0 Å². The zero-order valence-corrected chi connectivity index (χ0v) is 13.9. The van der Waals surface area contributed by atoms with E-state index in [1.165, 1.54) is 0 Å². The van der Waals surface area contributed by atoms with E-state index < -0.39 is 6.10 Å². The van der Waals surface area contributed by atoms with Crippen molar-refractivity contribution in [3.05, 3.63) is 96.1 Å². The fourth-order valence-corrected chi connectivity index (χ4v) is 3.04. The molecule has 2 N–H and O–H groups in total. The van der Waals surface area contributed by atoms with Crippen molar-refractivity contribution in [3.8, 4) is 0 Å². The van der Waals surface area contributed by atoms with E-state index in [9.17, 15) is 5.11 Å². The third kappa shape index (κ3) is 2.99. The van der Waals surface area contributed by atoms with Crippen LogP contribution in [0.4, 0.5) is 17.1 Å². The lowest BCUT2D eigenvalue weighted by molar-refractivity contribution is 0.226. The van der Waals surface area contributed by atoms with Crippen LogP contribution in [0.1, 0.15) is 17.4 Å². The van der Waals surface area contributed by atoms with Gasteiger partial charge in [0.1, 0.15) is 11.9 Å². The molecule has 4 heteroatoms. The summed E-state index contributed by atoms with van der Waals surface area (Å²) in [6.45, 7) is 1.96. The summed E-state index contributed by atoms with van der Waals surface area (Å²) in [5.41, 5.74) is 4.64. The average molecular weight is 329 g/mol. The first-order valence-electron chi connectivity index (χ1n) is 8.26. The summed E-state index contributed by atoms with van der Waals surface area (Å²) in [6, 6.07) is 22.1. The highest BCUT2D eigenvalue weighted by Gasteiger charge is 2.27. The molecule has 0 aliphatic carbocycles. The van der Waals surface area contributed by atoms with Crippen LogP contribution in [0.3, 0.4) is 0 Å². The lowest BCUT2D eigenvalue weighted by atomic mass is 10.0. The van der Waals surface area contributed by atoms with Crippen LogP contribution in [0.15, 0.2) is 84.8 Å². The molecule has 4 rings (SSSR count). The molecule has 1 atom stereocenters. The number of hydrogen-bond donors (Lipinski definition) is 2. The molecule has 0 fully saturated rings. The van der Waals surface area contributed by atoms with Gasteiger partial charge in [0.25, 0.3) is 0 Å². The van der Waals surface area contributed by atoms with Crippen molar-refractivity contribution in [2.75, 3.05) is 10.2 Å². The number of hydrogen-bond acceptors (Lipinski definition) is 4. The molecule has 2 heterocycles. The summed E-state index contributed by atoms with van der Waals surface area (Å²) in [5, 5.41) is 14.0. The highest BCUT2D eigenvalue weighted by molar-refractivity contribution is 5.76. The van der Waals surface area contributed by atoms with E-state index in [4.69, 9.17) is 0 Å². The Labute approximate surface area is 147 Å². The zero-order chi connectivity index (χ0) is 17.2. The third-order valence-corrected chi connectivity index (χ3v) is 4.23. The number of rotatable bonds is 3. The maximum absolute atomic E-state index is 10.6. The number of benzene rings is 2. The first-order valence-corrected chi connectivity index (χ1v) is 8.26. The maximum atomic E-state index is 10.6. The minimum Gasteiger partial charge on any atom is -0.384 e. The zero-order valence-electron chi connectivity index (χ0n) is 13.9. The van der Waals surface area contributed by atoms with Crippen molar-refractivity contribution in [2.45, 2.75) is 13.0 Å². The maximum Gasteiger partial charge on any atom is 0.114 e. The first-order chi connectivity index (χ1) is 12.2. The molecule has 0 amide bonds. The molecule has 3 aromatic rings. The van der Waals surface area contributed by atoms with Crippen molar-refractivity contribution in [2.24, 2.45) is 0 Å². The Kier molecular flexibility index (Phi) is 3.96. The standard InChI is InChI=1S/C21H19N3O/c1-15-12-19-18(14-22-15)20(25)13-21(23-16-8-4-2-5-9-16)24(19)17-10-6-3-7-11-17/h2-14,20,23,25H,1H3. The van der Waals surface area contributed by atoms with Gasteiger partial charge in [-0.15, -0.1) is 0 Å². The van der Waals surface area contributed by atoms with E-state index in [1.54, 1.807) is 6.20 Å². The smallest absolute Gasteiger partial charge is 0.114 e. The predicted octanol–water partition coefficient (Wildman–Crippen LogP) is 4.53. The summed E-state index contributed by atoms with van der Waals surface area (Å²) in [5.74, 6) is 0.822. The van der Waals surface area contributed by atoms with Crippen LogP contribution < -0.4 is 10.2 Å². The number of aliphatic hydroxyl groups is 1. The van der Waals surface area contributed by atoms with E-state index >= 15 is 0 Å². The van der Waals surface area contributed by atoms with Gasteiger partial charge in [-0.05, 0) is 43.3 Å². The van der Waals surface area contributed by atoms with Crippen LogP contribution in [-0.2, 0) is 0 Å². The van der Waals surface area contributed by atoms with Crippen molar-refractivity contribution in [1.82, 2.24) is 4.98 Å². The van der Waals surface area contributed by atoms with Crippen LogP contribution in [-0.4, -0.2) is 10.1 Å². The Balaban J connectivity index is 1.84.